The van der Waals surface area contributed by atoms with Gasteiger partial charge in [-0.25, -0.2) is 4.68 Å². The van der Waals surface area contributed by atoms with E-state index < -0.39 is 0 Å². The SMILES string of the molecule is CCn1nc(C)c(N)c1N1CC(C)C(N(C)C)C1. The van der Waals surface area contributed by atoms with Crippen LogP contribution in [0.2, 0.25) is 0 Å². The molecule has 18 heavy (non-hydrogen) atoms. The molecule has 0 aromatic carbocycles. The van der Waals surface area contributed by atoms with Gasteiger partial charge < -0.3 is 15.5 Å². The zero-order chi connectivity index (χ0) is 13.4. The summed E-state index contributed by atoms with van der Waals surface area (Å²) in [6.07, 6.45) is 0. The number of hydrogen-bond donors (Lipinski definition) is 1. The van der Waals surface area contributed by atoms with E-state index in [1.165, 1.54) is 0 Å². The maximum Gasteiger partial charge on any atom is 0.150 e. The first-order valence-corrected chi connectivity index (χ1v) is 6.70. The molecule has 1 aliphatic rings. The molecule has 0 aliphatic carbocycles. The molecule has 5 nitrogen and oxygen atoms in total. The largest absolute Gasteiger partial charge is 0.394 e. The Morgan fingerprint density at radius 2 is 2.06 bits per heavy atom. The van der Waals surface area contributed by atoms with Gasteiger partial charge in [0.15, 0.2) is 5.82 Å². The van der Waals surface area contributed by atoms with Crippen LogP contribution in [0.25, 0.3) is 0 Å². The topological polar surface area (TPSA) is 50.3 Å². The molecule has 1 aliphatic heterocycles. The number of likely N-dealkylation sites (N-methyl/N-ethyl adjacent to an activating group) is 1. The highest BCUT2D eigenvalue weighted by Gasteiger charge is 2.33. The van der Waals surface area contributed by atoms with E-state index in [0.717, 1.165) is 36.8 Å². The second kappa shape index (κ2) is 4.80. The Morgan fingerprint density at radius 3 is 2.56 bits per heavy atom. The van der Waals surface area contributed by atoms with Gasteiger partial charge in [-0.2, -0.15) is 5.10 Å². The van der Waals surface area contributed by atoms with Crippen molar-refractivity contribution in [1.82, 2.24) is 14.7 Å². The minimum absolute atomic E-state index is 0.588. The van der Waals surface area contributed by atoms with Gasteiger partial charge in [-0.1, -0.05) is 6.92 Å². The van der Waals surface area contributed by atoms with Crippen molar-refractivity contribution in [2.24, 2.45) is 5.92 Å². The molecule has 0 radical (unpaired) electrons. The van der Waals surface area contributed by atoms with Crippen LogP contribution in [-0.2, 0) is 6.54 Å². The number of aromatic nitrogens is 2. The molecule has 1 aromatic heterocycles. The van der Waals surface area contributed by atoms with Crippen molar-refractivity contribution in [1.29, 1.82) is 0 Å². The first-order chi connectivity index (χ1) is 8.45. The van der Waals surface area contributed by atoms with E-state index in [1.54, 1.807) is 0 Å². The van der Waals surface area contributed by atoms with Gasteiger partial charge in [0.25, 0.3) is 0 Å². The summed E-state index contributed by atoms with van der Waals surface area (Å²) in [6.45, 7) is 9.35. The molecule has 2 unspecified atom stereocenters. The molecule has 0 spiro atoms. The molecule has 0 saturated carbocycles. The summed E-state index contributed by atoms with van der Waals surface area (Å²) >= 11 is 0. The summed E-state index contributed by atoms with van der Waals surface area (Å²) < 4.78 is 2.02. The first kappa shape index (κ1) is 13.2. The van der Waals surface area contributed by atoms with E-state index in [1.807, 2.05) is 11.6 Å². The van der Waals surface area contributed by atoms with Crippen molar-refractivity contribution in [3.8, 4) is 0 Å². The molecule has 102 valence electrons. The molecular weight excluding hydrogens is 226 g/mol. The van der Waals surface area contributed by atoms with E-state index in [9.17, 15) is 0 Å². The van der Waals surface area contributed by atoms with E-state index in [4.69, 9.17) is 5.73 Å². The van der Waals surface area contributed by atoms with Crippen molar-refractivity contribution >= 4 is 11.5 Å². The molecule has 0 amide bonds. The Hall–Kier alpha value is -1.23. The smallest absolute Gasteiger partial charge is 0.150 e. The van der Waals surface area contributed by atoms with Gasteiger partial charge in [-0.3, -0.25) is 0 Å². The van der Waals surface area contributed by atoms with Gasteiger partial charge >= 0.3 is 0 Å². The second-order valence-corrected chi connectivity index (χ2v) is 5.55. The fourth-order valence-corrected chi connectivity index (χ4v) is 2.93. The number of nitrogens with zero attached hydrogens (tertiary/aromatic N) is 4. The molecular formula is C13H25N5. The lowest BCUT2D eigenvalue weighted by molar-refractivity contribution is 0.266. The number of nitrogen functional groups attached to an aromatic ring is 1. The third-order valence-corrected chi connectivity index (χ3v) is 3.98. The molecule has 2 atom stereocenters. The lowest BCUT2D eigenvalue weighted by Gasteiger charge is -2.23. The number of aryl methyl sites for hydroxylation is 2. The molecule has 2 N–H and O–H groups in total. The zero-order valence-corrected chi connectivity index (χ0v) is 12.1. The van der Waals surface area contributed by atoms with Crippen LogP contribution in [-0.4, -0.2) is 47.9 Å². The Labute approximate surface area is 110 Å². The predicted molar refractivity (Wildman–Crippen MR) is 75.9 cm³/mol. The standard InChI is InChI=1S/C13H25N5/c1-6-18-13(12(14)10(3)15-18)17-7-9(2)11(8-17)16(4)5/h9,11H,6-8,14H2,1-5H3. The summed E-state index contributed by atoms with van der Waals surface area (Å²) in [7, 11) is 4.30. The summed E-state index contributed by atoms with van der Waals surface area (Å²) in [5.41, 5.74) is 7.96. The van der Waals surface area contributed by atoms with Crippen LogP contribution in [0.4, 0.5) is 11.5 Å². The van der Waals surface area contributed by atoms with Crippen LogP contribution >= 0.6 is 0 Å². The maximum atomic E-state index is 6.19. The van der Waals surface area contributed by atoms with E-state index in [2.05, 4.69) is 42.8 Å². The first-order valence-electron chi connectivity index (χ1n) is 6.70. The number of hydrogen-bond acceptors (Lipinski definition) is 4. The molecule has 1 saturated heterocycles. The second-order valence-electron chi connectivity index (χ2n) is 5.55. The Balaban J connectivity index is 2.28. The maximum absolute atomic E-state index is 6.19. The van der Waals surface area contributed by atoms with Gasteiger partial charge in [0, 0.05) is 25.7 Å². The Kier molecular flexibility index (Phi) is 3.52. The average Bonchev–Trinajstić information content (AvgIpc) is 2.81. The number of anilines is 2. The van der Waals surface area contributed by atoms with E-state index >= 15 is 0 Å². The quantitative estimate of drug-likeness (QED) is 0.876. The third-order valence-electron chi connectivity index (χ3n) is 3.98. The van der Waals surface area contributed by atoms with Crippen LogP contribution < -0.4 is 10.6 Å². The van der Waals surface area contributed by atoms with Gasteiger partial charge in [-0.05, 0) is 33.9 Å². The molecule has 0 bridgehead atoms. The summed E-state index contributed by atoms with van der Waals surface area (Å²) in [4.78, 5) is 4.69. The van der Waals surface area contributed by atoms with Crippen molar-refractivity contribution in [2.75, 3.05) is 37.8 Å². The summed E-state index contributed by atoms with van der Waals surface area (Å²) in [6, 6.07) is 0.588. The van der Waals surface area contributed by atoms with E-state index in [-0.39, 0.29) is 0 Å². The third kappa shape index (κ3) is 2.07. The minimum atomic E-state index is 0.588. The van der Waals surface area contributed by atoms with Crippen LogP contribution in [0.15, 0.2) is 0 Å². The highest BCUT2D eigenvalue weighted by Crippen LogP contribution is 2.32. The average molecular weight is 251 g/mol. The van der Waals surface area contributed by atoms with Crippen molar-refractivity contribution in [2.45, 2.75) is 33.4 Å². The molecule has 1 aromatic rings. The zero-order valence-electron chi connectivity index (χ0n) is 12.1. The van der Waals surface area contributed by atoms with Gasteiger partial charge in [-0.15, -0.1) is 0 Å². The van der Waals surface area contributed by atoms with Gasteiger partial charge in [0.2, 0.25) is 0 Å². The lowest BCUT2D eigenvalue weighted by atomic mass is 10.1. The Morgan fingerprint density at radius 1 is 1.39 bits per heavy atom. The van der Waals surface area contributed by atoms with Crippen molar-refractivity contribution in [3.63, 3.8) is 0 Å². The molecule has 5 heteroatoms. The molecule has 1 fully saturated rings. The van der Waals surface area contributed by atoms with Crippen molar-refractivity contribution in [3.05, 3.63) is 5.69 Å². The van der Waals surface area contributed by atoms with E-state index in [0.29, 0.717) is 12.0 Å². The fourth-order valence-electron chi connectivity index (χ4n) is 2.93. The van der Waals surface area contributed by atoms with Crippen LogP contribution in [0.3, 0.4) is 0 Å². The minimum Gasteiger partial charge on any atom is -0.394 e. The molecule has 2 rings (SSSR count). The predicted octanol–water partition coefficient (Wildman–Crippen LogP) is 1.18. The monoisotopic (exact) mass is 251 g/mol. The fraction of sp³-hybridized carbons (Fsp3) is 0.769. The summed E-state index contributed by atoms with van der Waals surface area (Å²) in [5.74, 6) is 1.76. The Bertz CT molecular complexity index is 423. The van der Waals surface area contributed by atoms with Crippen LogP contribution in [0.1, 0.15) is 19.5 Å². The number of nitrogens with two attached hydrogens (primary N) is 1. The normalized spacial score (nSPS) is 24.2. The van der Waals surface area contributed by atoms with Crippen molar-refractivity contribution < 1.29 is 0 Å². The van der Waals surface area contributed by atoms with Crippen LogP contribution in [0, 0.1) is 12.8 Å². The highest BCUT2D eigenvalue weighted by atomic mass is 15.4. The number of rotatable bonds is 3. The summed E-state index contributed by atoms with van der Waals surface area (Å²) in [5, 5.41) is 4.50. The van der Waals surface area contributed by atoms with Gasteiger partial charge in [0.1, 0.15) is 0 Å². The van der Waals surface area contributed by atoms with Crippen LogP contribution in [0.5, 0.6) is 0 Å². The van der Waals surface area contributed by atoms with Gasteiger partial charge in [0.05, 0.1) is 11.4 Å². The lowest BCUT2D eigenvalue weighted by Crippen LogP contribution is -2.34. The highest BCUT2D eigenvalue weighted by molar-refractivity contribution is 5.66. The molecule has 2 heterocycles.